The molecule has 0 aliphatic carbocycles. The summed E-state index contributed by atoms with van der Waals surface area (Å²) in [6, 6.07) is 19.8. The topological polar surface area (TPSA) is 78.2 Å². The number of nitro groups is 1. The van der Waals surface area contributed by atoms with Crippen molar-refractivity contribution in [3.63, 3.8) is 0 Å². The van der Waals surface area contributed by atoms with Crippen molar-refractivity contribution in [2.75, 3.05) is 0 Å². The monoisotopic (exact) mass is 405 g/mol. The van der Waals surface area contributed by atoms with Crippen molar-refractivity contribution in [2.24, 2.45) is 4.99 Å². The predicted octanol–water partition coefficient (Wildman–Crippen LogP) is 4.56. The van der Waals surface area contributed by atoms with Gasteiger partial charge in [0.25, 0.3) is 0 Å². The third kappa shape index (κ3) is 4.02. The van der Waals surface area contributed by atoms with Gasteiger partial charge >= 0.3 is 5.82 Å². The fourth-order valence-corrected chi connectivity index (χ4v) is 4.12. The Morgan fingerprint density at radius 3 is 2.38 bits per heavy atom. The molecule has 0 spiro atoms. The van der Waals surface area contributed by atoms with E-state index in [1.54, 1.807) is 22.8 Å². The van der Waals surface area contributed by atoms with Crippen molar-refractivity contribution in [1.82, 2.24) is 14.1 Å². The number of hydrogen-bond acceptors (Lipinski definition) is 5. The van der Waals surface area contributed by atoms with Gasteiger partial charge in [0, 0.05) is 12.3 Å². The van der Waals surface area contributed by atoms with E-state index in [4.69, 9.17) is 4.99 Å². The molecule has 4 aromatic rings. The third-order valence-electron chi connectivity index (χ3n) is 4.62. The molecular formula is C21H19N5O2S. The van der Waals surface area contributed by atoms with Gasteiger partial charge in [-0.25, -0.2) is 14.5 Å². The maximum atomic E-state index is 11.3. The molecule has 0 amide bonds. The van der Waals surface area contributed by atoms with Gasteiger partial charge in [-0.05, 0) is 22.6 Å². The van der Waals surface area contributed by atoms with Crippen molar-refractivity contribution in [3.8, 4) is 11.3 Å². The molecule has 2 aromatic carbocycles. The Labute approximate surface area is 171 Å². The molecule has 0 saturated carbocycles. The van der Waals surface area contributed by atoms with Gasteiger partial charge in [0.1, 0.15) is 12.7 Å². The maximum absolute atomic E-state index is 11.3. The Balaban J connectivity index is 1.76. The number of thiazole rings is 1. The molecule has 7 nitrogen and oxygen atoms in total. The number of benzene rings is 2. The summed E-state index contributed by atoms with van der Waals surface area (Å²) in [4.78, 5) is 20.6. The minimum absolute atomic E-state index is 0.00105. The molecule has 4 rings (SSSR count). The van der Waals surface area contributed by atoms with Crippen LogP contribution in [0.25, 0.3) is 11.3 Å². The highest BCUT2D eigenvalue weighted by atomic mass is 32.1. The standard InChI is InChI=1S/C21H19N5O2S/c1-16-22-14-20(26(27)28)24(16)12-13-25-19(17-8-4-2-5-9-17)15-29-21(25)23-18-10-6-3-7-11-18/h2-11,14-15H,12-13H2,1H3. The van der Waals surface area contributed by atoms with Crippen molar-refractivity contribution in [3.05, 3.63) is 93.0 Å². The first kappa shape index (κ1) is 18.8. The molecule has 146 valence electrons. The van der Waals surface area contributed by atoms with Crippen LogP contribution < -0.4 is 4.80 Å². The number of imidazole rings is 1. The van der Waals surface area contributed by atoms with Gasteiger partial charge in [-0.2, -0.15) is 0 Å². The molecule has 0 N–H and O–H groups in total. The molecule has 0 radical (unpaired) electrons. The largest absolute Gasteiger partial charge is 0.358 e. The van der Waals surface area contributed by atoms with E-state index < -0.39 is 4.92 Å². The Morgan fingerprint density at radius 1 is 1.03 bits per heavy atom. The van der Waals surface area contributed by atoms with Crippen LogP contribution in [-0.4, -0.2) is 19.0 Å². The summed E-state index contributed by atoms with van der Waals surface area (Å²) < 4.78 is 3.74. The lowest BCUT2D eigenvalue weighted by molar-refractivity contribution is -0.392. The minimum Gasteiger partial charge on any atom is -0.358 e. The molecule has 0 unspecified atom stereocenters. The summed E-state index contributed by atoms with van der Waals surface area (Å²) in [7, 11) is 0. The van der Waals surface area contributed by atoms with Gasteiger partial charge in [0.15, 0.2) is 10.6 Å². The average Bonchev–Trinajstić information content (AvgIpc) is 3.31. The number of hydrogen-bond donors (Lipinski definition) is 0. The number of rotatable bonds is 6. The summed E-state index contributed by atoms with van der Waals surface area (Å²) in [6.07, 6.45) is 1.31. The lowest BCUT2D eigenvalue weighted by atomic mass is 10.2. The van der Waals surface area contributed by atoms with Crippen LogP contribution in [0, 0.1) is 17.0 Å². The fraction of sp³-hybridized carbons (Fsp3) is 0.143. The lowest BCUT2D eigenvalue weighted by Gasteiger charge is -2.09. The second-order valence-corrected chi connectivity index (χ2v) is 7.28. The summed E-state index contributed by atoms with van der Waals surface area (Å²) in [5, 5.41) is 13.4. The first-order valence-corrected chi connectivity index (χ1v) is 10.0. The van der Waals surface area contributed by atoms with Crippen LogP contribution in [0.4, 0.5) is 11.5 Å². The Hall–Kier alpha value is -3.52. The van der Waals surface area contributed by atoms with Gasteiger partial charge in [0.2, 0.25) is 0 Å². The second-order valence-electron chi connectivity index (χ2n) is 6.44. The number of para-hydroxylation sites is 1. The Kier molecular flexibility index (Phi) is 5.35. The molecule has 29 heavy (non-hydrogen) atoms. The van der Waals surface area contributed by atoms with Crippen molar-refractivity contribution >= 4 is 22.8 Å². The van der Waals surface area contributed by atoms with E-state index in [9.17, 15) is 10.1 Å². The molecule has 0 fully saturated rings. The zero-order chi connectivity index (χ0) is 20.2. The lowest BCUT2D eigenvalue weighted by Crippen LogP contribution is -2.20. The van der Waals surface area contributed by atoms with E-state index >= 15 is 0 Å². The zero-order valence-electron chi connectivity index (χ0n) is 15.8. The minimum atomic E-state index is -0.397. The van der Waals surface area contributed by atoms with Gasteiger partial charge < -0.3 is 14.7 Å². The summed E-state index contributed by atoms with van der Waals surface area (Å²) in [6.45, 7) is 2.75. The van der Waals surface area contributed by atoms with E-state index in [1.807, 2.05) is 48.5 Å². The molecule has 2 aromatic heterocycles. The average molecular weight is 405 g/mol. The molecule has 0 atom stereocenters. The maximum Gasteiger partial charge on any atom is 0.342 e. The summed E-state index contributed by atoms with van der Waals surface area (Å²) in [5.74, 6) is 0.622. The van der Waals surface area contributed by atoms with E-state index in [0.29, 0.717) is 18.9 Å². The molecular weight excluding hydrogens is 386 g/mol. The first-order chi connectivity index (χ1) is 14.1. The van der Waals surface area contributed by atoms with E-state index in [2.05, 4.69) is 27.1 Å². The van der Waals surface area contributed by atoms with Gasteiger partial charge in [0.05, 0.1) is 17.9 Å². The molecule has 2 heterocycles. The van der Waals surface area contributed by atoms with E-state index in [0.717, 1.165) is 21.7 Å². The van der Waals surface area contributed by atoms with E-state index in [1.165, 1.54) is 6.20 Å². The van der Waals surface area contributed by atoms with Crippen molar-refractivity contribution in [1.29, 1.82) is 0 Å². The smallest absolute Gasteiger partial charge is 0.342 e. The van der Waals surface area contributed by atoms with Crippen LogP contribution in [0.1, 0.15) is 5.82 Å². The molecule has 0 aliphatic rings. The number of nitrogens with zero attached hydrogens (tertiary/aromatic N) is 5. The van der Waals surface area contributed by atoms with Crippen LogP contribution in [0.2, 0.25) is 0 Å². The van der Waals surface area contributed by atoms with E-state index in [-0.39, 0.29) is 5.82 Å². The highest BCUT2D eigenvalue weighted by Gasteiger charge is 2.18. The molecule has 0 saturated heterocycles. The van der Waals surface area contributed by atoms with Crippen LogP contribution in [0.15, 0.2) is 77.2 Å². The van der Waals surface area contributed by atoms with Gasteiger partial charge in [-0.1, -0.05) is 48.5 Å². The highest BCUT2D eigenvalue weighted by molar-refractivity contribution is 7.07. The zero-order valence-corrected chi connectivity index (χ0v) is 16.6. The first-order valence-electron chi connectivity index (χ1n) is 9.13. The van der Waals surface area contributed by atoms with Gasteiger partial charge in [-0.3, -0.25) is 0 Å². The number of aryl methyl sites for hydroxylation is 1. The van der Waals surface area contributed by atoms with Crippen molar-refractivity contribution in [2.45, 2.75) is 20.0 Å². The fourth-order valence-electron chi connectivity index (χ4n) is 3.17. The third-order valence-corrected chi connectivity index (χ3v) is 5.48. The Bertz CT molecular complexity index is 1190. The highest BCUT2D eigenvalue weighted by Crippen LogP contribution is 2.21. The van der Waals surface area contributed by atoms with Crippen LogP contribution in [-0.2, 0) is 13.1 Å². The SMILES string of the molecule is Cc1ncc([N+](=O)[O-])n1CCn1c(-c2ccccc2)csc1=Nc1ccccc1. The second kappa shape index (κ2) is 8.24. The number of aromatic nitrogens is 3. The molecule has 8 heteroatoms. The normalized spacial score (nSPS) is 11.7. The van der Waals surface area contributed by atoms with Crippen LogP contribution in [0.5, 0.6) is 0 Å². The van der Waals surface area contributed by atoms with Crippen LogP contribution in [0.3, 0.4) is 0 Å². The van der Waals surface area contributed by atoms with Crippen molar-refractivity contribution < 1.29 is 4.92 Å². The molecule has 0 bridgehead atoms. The molecule has 0 aliphatic heterocycles. The van der Waals surface area contributed by atoms with Gasteiger partial charge in [-0.15, -0.1) is 11.3 Å². The predicted molar refractivity (Wildman–Crippen MR) is 113 cm³/mol. The summed E-state index contributed by atoms with van der Waals surface area (Å²) >= 11 is 1.56. The van der Waals surface area contributed by atoms with Crippen LogP contribution >= 0.6 is 11.3 Å². The summed E-state index contributed by atoms with van der Waals surface area (Å²) in [5.41, 5.74) is 2.98. The Morgan fingerprint density at radius 2 is 1.69 bits per heavy atom. The quantitative estimate of drug-likeness (QED) is 0.348.